The van der Waals surface area contributed by atoms with Crippen molar-refractivity contribution >= 4 is 23.9 Å². The number of carbonyl (C=O) groups excluding carboxylic acids is 2. The molecule has 0 aromatic rings. The summed E-state index contributed by atoms with van der Waals surface area (Å²) in [5.41, 5.74) is -3.51. The number of carbonyl (C=O) groups is 4. The minimum absolute atomic E-state index is 0.00868. The first-order valence-corrected chi connectivity index (χ1v) is 11.9. The van der Waals surface area contributed by atoms with Crippen molar-refractivity contribution in [2.45, 2.75) is 84.8 Å². The van der Waals surface area contributed by atoms with Gasteiger partial charge in [-0.3, -0.25) is 9.59 Å². The summed E-state index contributed by atoms with van der Waals surface area (Å²) in [5, 5.41) is 21.3. The molecule has 0 aromatic heterocycles. The normalized spacial score (nSPS) is 35.2. The number of aliphatic carboxylic acids is 2. The van der Waals surface area contributed by atoms with Crippen LogP contribution in [0, 0.1) is 28.1 Å². The second kappa shape index (κ2) is 8.86. The highest BCUT2D eigenvalue weighted by molar-refractivity contribution is 5.88. The molecule has 0 heterocycles. The van der Waals surface area contributed by atoms with Crippen LogP contribution in [-0.2, 0) is 28.7 Å². The molecule has 8 heteroatoms. The molecule has 0 spiro atoms. The predicted octanol–water partition coefficient (Wildman–Crippen LogP) is 4.13. The highest BCUT2D eigenvalue weighted by Crippen LogP contribution is 2.76. The molecule has 4 bridgehead atoms. The van der Waals surface area contributed by atoms with Gasteiger partial charge >= 0.3 is 23.9 Å². The molecular formula is C26H36O8. The zero-order valence-electron chi connectivity index (χ0n) is 20.5. The molecule has 2 unspecified atom stereocenters. The predicted molar refractivity (Wildman–Crippen MR) is 123 cm³/mol. The zero-order valence-corrected chi connectivity index (χ0v) is 20.5. The largest absolute Gasteiger partial charge is 0.481 e. The third-order valence-electron chi connectivity index (χ3n) is 8.45. The Hall–Kier alpha value is -2.64. The summed E-state index contributed by atoms with van der Waals surface area (Å²) < 4.78 is 11.1. The van der Waals surface area contributed by atoms with E-state index >= 15 is 0 Å². The monoisotopic (exact) mass is 476 g/mol. The second-order valence-electron chi connectivity index (χ2n) is 11.0. The molecule has 4 saturated carbocycles. The van der Waals surface area contributed by atoms with E-state index in [0.29, 0.717) is 25.7 Å². The number of esters is 2. The van der Waals surface area contributed by atoms with Gasteiger partial charge in [-0.2, -0.15) is 0 Å². The molecule has 4 aliphatic rings. The lowest BCUT2D eigenvalue weighted by molar-refractivity contribution is -0.257. The maximum Gasteiger partial charge on any atom is 0.333 e. The van der Waals surface area contributed by atoms with Crippen molar-refractivity contribution in [1.29, 1.82) is 0 Å². The summed E-state index contributed by atoms with van der Waals surface area (Å²) in [7, 11) is 0. The van der Waals surface area contributed by atoms with Gasteiger partial charge in [0.25, 0.3) is 0 Å². The topological polar surface area (TPSA) is 127 Å². The maximum absolute atomic E-state index is 13.0. The average molecular weight is 477 g/mol. The van der Waals surface area contributed by atoms with Crippen LogP contribution in [0.1, 0.15) is 72.6 Å². The standard InChI is InChI=1S/C26H36O8/c1-14(2)20(27)33-16(5)8-26(9-17(6)34-21(28)15(3)4)24(22(29)30)10-18-7-19(12-24)13-25(26,11-18)23(31)32/h16-19H,1,3,7-13H2,2,4-6H3,(H,29,30)(H,31,32). The third kappa shape index (κ3) is 3.95. The van der Waals surface area contributed by atoms with Gasteiger partial charge in [0.1, 0.15) is 0 Å². The van der Waals surface area contributed by atoms with Crippen LogP contribution in [0.2, 0.25) is 0 Å². The van der Waals surface area contributed by atoms with Crippen LogP contribution in [0.3, 0.4) is 0 Å². The van der Waals surface area contributed by atoms with Gasteiger partial charge in [0, 0.05) is 16.6 Å². The first kappa shape index (κ1) is 26.0. The van der Waals surface area contributed by atoms with Crippen LogP contribution in [0.5, 0.6) is 0 Å². The molecule has 0 saturated heterocycles. The lowest BCUT2D eigenvalue weighted by atomic mass is 9.31. The van der Waals surface area contributed by atoms with Crippen molar-refractivity contribution in [3.63, 3.8) is 0 Å². The van der Waals surface area contributed by atoms with Crippen molar-refractivity contribution in [3.8, 4) is 0 Å². The molecule has 8 nitrogen and oxygen atoms in total. The first-order chi connectivity index (χ1) is 15.7. The lowest BCUT2D eigenvalue weighted by Crippen LogP contribution is -2.71. The number of hydrogen-bond acceptors (Lipinski definition) is 6. The van der Waals surface area contributed by atoms with Crippen molar-refractivity contribution in [1.82, 2.24) is 0 Å². The Balaban J connectivity index is 2.14. The number of ether oxygens (including phenoxy) is 2. The number of carboxylic acids is 2. The molecule has 2 N–H and O–H groups in total. The number of hydrogen-bond donors (Lipinski definition) is 2. The van der Waals surface area contributed by atoms with E-state index in [1.807, 2.05) is 0 Å². The second-order valence-corrected chi connectivity index (χ2v) is 11.0. The van der Waals surface area contributed by atoms with Gasteiger partial charge in [0.2, 0.25) is 0 Å². The number of carboxylic acid groups (broad SMARTS) is 2. The maximum atomic E-state index is 13.0. The molecule has 188 valence electrons. The molecule has 2 atom stereocenters. The van der Waals surface area contributed by atoms with Crippen LogP contribution in [0.4, 0.5) is 0 Å². The van der Waals surface area contributed by atoms with Crippen LogP contribution in [0.25, 0.3) is 0 Å². The SMILES string of the molecule is C=C(C)C(=O)OC(C)CC1(CC(C)OC(=O)C(=C)C)C2(C(=O)O)CC3CC(C2)CC1(C(=O)O)C3. The average Bonchev–Trinajstić information content (AvgIpc) is 2.70. The van der Waals surface area contributed by atoms with Gasteiger partial charge in [-0.1, -0.05) is 13.2 Å². The van der Waals surface area contributed by atoms with Gasteiger partial charge in [-0.25, -0.2) is 9.59 Å². The van der Waals surface area contributed by atoms with Gasteiger partial charge in [-0.15, -0.1) is 0 Å². The summed E-state index contributed by atoms with van der Waals surface area (Å²) in [6.07, 6.45) is 0.897. The van der Waals surface area contributed by atoms with E-state index in [1.165, 1.54) is 13.8 Å². The van der Waals surface area contributed by atoms with Gasteiger partial charge in [-0.05, 0) is 84.5 Å². The first-order valence-electron chi connectivity index (χ1n) is 11.9. The fraction of sp³-hybridized carbons (Fsp3) is 0.692. The lowest BCUT2D eigenvalue weighted by Gasteiger charge is -2.70. The Bertz CT molecular complexity index is 845. The highest BCUT2D eigenvalue weighted by atomic mass is 16.5. The van der Waals surface area contributed by atoms with Crippen LogP contribution in [-0.4, -0.2) is 46.3 Å². The highest BCUT2D eigenvalue weighted by Gasteiger charge is 2.77. The van der Waals surface area contributed by atoms with E-state index in [-0.39, 0.29) is 35.8 Å². The van der Waals surface area contributed by atoms with Gasteiger partial charge in [0.15, 0.2) is 0 Å². The van der Waals surface area contributed by atoms with Crippen LogP contribution < -0.4 is 0 Å². The smallest absolute Gasteiger partial charge is 0.333 e. The van der Waals surface area contributed by atoms with Crippen molar-refractivity contribution in [2.24, 2.45) is 28.1 Å². The van der Waals surface area contributed by atoms with E-state index in [0.717, 1.165) is 6.42 Å². The van der Waals surface area contributed by atoms with E-state index in [1.54, 1.807) is 13.8 Å². The molecule has 0 aromatic carbocycles. The summed E-state index contributed by atoms with van der Waals surface area (Å²) in [6, 6.07) is 0. The van der Waals surface area contributed by atoms with Crippen LogP contribution >= 0.6 is 0 Å². The number of rotatable bonds is 10. The van der Waals surface area contributed by atoms with Crippen molar-refractivity contribution in [3.05, 3.63) is 24.3 Å². The molecule has 4 aliphatic carbocycles. The minimum atomic E-state index is -1.32. The fourth-order valence-electron chi connectivity index (χ4n) is 7.58. The Morgan fingerprint density at radius 3 is 1.38 bits per heavy atom. The molecule has 0 radical (unpaired) electrons. The molecule has 0 aliphatic heterocycles. The quantitative estimate of drug-likeness (QED) is 0.356. The van der Waals surface area contributed by atoms with Crippen molar-refractivity contribution in [2.75, 3.05) is 0 Å². The summed E-state index contributed by atoms with van der Waals surface area (Å²) in [4.78, 5) is 50.5. The van der Waals surface area contributed by atoms with E-state index < -0.39 is 52.3 Å². The van der Waals surface area contributed by atoms with Crippen LogP contribution in [0.15, 0.2) is 24.3 Å². The third-order valence-corrected chi connectivity index (χ3v) is 8.45. The van der Waals surface area contributed by atoms with Crippen molar-refractivity contribution < 1.29 is 38.9 Å². The Morgan fingerprint density at radius 1 is 0.794 bits per heavy atom. The molecule has 4 rings (SSSR count). The zero-order chi connectivity index (χ0) is 25.6. The minimum Gasteiger partial charge on any atom is -0.481 e. The van der Waals surface area contributed by atoms with E-state index in [9.17, 15) is 29.4 Å². The summed E-state index contributed by atoms with van der Waals surface area (Å²) >= 11 is 0. The molecule has 4 fully saturated rings. The summed E-state index contributed by atoms with van der Waals surface area (Å²) in [6.45, 7) is 13.5. The molecule has 34 heavy (non-hydrogen) atoms. The Morgan fingerprint density at radius 2 is 1.12 bits per heavy atom. The molecule has 0 amide bonds. The van der Waals surface area contributed by atoms with E-state index in [4.69, 9.17) is 9.47 Å². The van der Waals surface area contributed by atoms with Gasteiger partial charge in [0.05, 0.1) is 23.0 Å². The van der Waals surface area contributed by atoms with Gasteiger partial charge < -0.3 is 19.7 Å². The Labute approximate surface area is 200 Å². The summed E-state index contributed by atoms with van der Waals surface area (Å²) in [5.74, 6) is -3.25. The fourth-order valence-corrected chi connectivity index (χ4v) is 7.58. The van der Waals surface area contributed by atoms with E-state index in [2.05, 4.69) is 13.2 Å². The Kier molecular flexibility index (Phi) is 6.77. The molecular weight excluding hydrogens is 440 g/mol.